The van der Waals surface area contributed by atoms with Crippen LogP contribution < -0.4 is 10.2 Å². The second kappa shape index (κ2) is 8.36. The Kier molecular flexibility index (Phi) is 5.66. The number of nitrogens with zero attached hydrogens (tertiary/aromatic N) is 4. The first-order valence-electron chi connectivity index (χ1n) is 9.74. The summed E-state index contributed by atoms with van der Waals surface area (Å²) in [5.41, 5.74) is 8.26. The molecule has 8 nitrogen and oxygen atoms in total. The van der Waals surface area contributed by atoms with E-state index < -0.39 is 0 Å². The van der Waals surface area contributed by atoms with Gasteiger partial charge in [0.15, 0.2) is 6.23 Å². The fourth-order valence-electron chi connectivity index (χ4n) is 3.97. The van der Waals surface area contributed by atoms with Crippen LogP contribution in [0.4, 0.5) is 0 Å². The number of benzene rings is 1. The molecule has 1 N–H and O–H groups in total. The molecule has 0 bridgehead atoms. The van der Waals surface area contributed by atoms with Gasteiger partial charge < -0.3 is 14.1 Å². The van der Waals surface area contributed by atoms with Gasteiger partial charge in [-0.1, -0.05) is 17.3 Å². The van der Waals surface area contributed by atoms with E-state index in [-0.39, 0.29) is 12.4 Å². The third-order valence-corrected chi connectivity index (χ3v) is 5.30. The minimum absolute atomic E-state index is 0.0257. The largest absolute Gasteiger partial charge is 0.495 e. The van der Waals surface area contributed by atoms with Crippen LogP contribution >= 0.6 is 0 Å². The van der Waals surface area contributed by atoms with Crippen molar-refractivity contribution in [2.45, 2.75) is 39.1 Å². The van der Waals surface area contributed by atoms with Gasteiger partial charge in [-0.05, 0) is 50.0 Å². The lowest BCUT2D eigenvalue weighted by atomic mass is 9.98. The molecule has 2 atom stereocenters. The van der Waals surface area contributed by atoms with Gasteiger partial charge >= 0.3 is 0 Å². The Balaban J connectivity index is 1.60. The van der Waals surface area contributed by atoms with Crippen molar-refractivity contribution in [2.24, 2.45) is 5.16 Å². The number of aryl methyl sites for hydroxylation is 1. The SMILES string of the molecule is CO/N=C(\C)[C@@H]1ONC2/C(=C/c3ccc(-n4cnc(C)c4)c(OC)c3)CCCN21. The molecule has 0 radical (unpaired) electrons. The number of imidazole rings is 1. The van der Waals surface area contributed by atoms with Crippen molar-refractivity contribution in [2.75, 3.05) is 20.8 Å². The van der Waals surface area contributed by atoms with Gasteiger partial charge in [-0.15, -0.1) is 0 Å². The molecule has 1 aromatic carbocycles. The Morgan fingerprint density at radius 2 is 2.24 bits per heavy atom. The maximum atomic E-state index is 5.80. The van der Waals surface area contributed by atoms with Crippen molar-refractivity contribution in [3.05, 3.63) is 47.6 Å². The third-order valence-electron chi connectivity index (χ3n) is 5.30. The Bertz CT molecular complexity index is 936. The molecule has 29 heavy (non-hydrogen) atoms. The third kappa shape index (κ3) is 3.91. The van der Waals surface area contributed by atoms with E-state index >= 15 is 0 Å². The number of nitrogens with one attached hydrogen (secondary N) is 1. The van der Waals surface area contributed by atoms with E-state index in [4.69, 9.17) is 14.4 Å². The fourth-order valence-corrected chi connectivity index (χ4v) is 3.97. The summed E-state index contributed by atoms with van der Waals surface area (Å²) in [6.07, 6.45) is 7.88. The zero-order valence-corrected chi connectivity index (χ0v) is 17.3. The number of oxime groups is 1. The lowest BCUT2D eigenvalue weighted by Crippen LogP contribution is -2.46. The maximum Gasteiger partial charge on any atom is 0.175 e. The van der Waals surface area contributed by atoms with Crippen molar-refractivity contribution < 1.29 is 14.4 Å². The van der Waals surface area contributed by atoms with Crippen molar-refractivity contribution in [1.29, 1.82) is 0 Å². The topological polar surface area (TPSA) is 73.1 Å². The van der Waals surface area contributed by atoms with Crippen LogP contribution in [0.3, 0.4) is 0 Å². The molecule has 8 heteroatoms. The average Bonchev–Trinajstić information content (AvgIpc) is 3.35. The molecule has 2 aromatic rings. The van der Waals surface area contributed by atoms with Crippen LogP contribution in [-0.2, 0) is 9.68 Å². The standard InChI is InChI=1S/C21H27N5O3/c1-14-12-25(13-22-14)18-8-7-16(11-19(18)27-3)10-17-6-5-9-26-20(17)24-29-21(26)15(2)23-28-4/h7-8,10-13,20-21,24H,5-6,9H2,1-4H3/b17-10+,23-15+/t20?,21-/m0/s1. The van der Waals surface area contributed by atoms with Gasteiger partial charge in [0.25, 0.3) is 0 Å². The highest BCUT2D eigenvalue weighted by molar-refractivity contribution is 5.85. The van der Waals surface area contributed by atoms with E-state index in [1.54, 1.807) is 20.5 Å². The molecule has 4 rings (SSSR count). The lowest BCUT2D eigenvalue weighted by molar-refractivity contribution is 0.0338. The van der Waals surface area contributed by atoms with Crippen molar-refractivity contribution in [3.63, 3.8) is 0 Å². The predicted octanol–water partition coefficient (Wildman–Crippen LogP) is 2.88. The van der Waals surface area contributed by atoms with E-state index in [2.05, 4.69) is 44.8 Å². The summed E-state index contributed by atoms with van der Waals surface area (Å²) < 4.78 is 7.62. The van der Waals surface area contributed by atoms with Gasteiger partial charge in [-0.25, -0.2) is 4.98 Å². The summed E-state index contributed by atoms with van der Waals surface area (Å²) in [5.74, 6) is 0.806. The molecular weight excluding hydrogens is 370 g/mol. The van der Waals surface area contributed by atoms with Crippen molar-refractivity contribution >= 4 is 11.8 Å². The molecule has 2 aliphatic heterocycles. The summed E-state index contributed by atoms with van der Waals surface area (Å²) in [6, 6.07) is 6.22. The number of methoxy groups -OCH3 is 1. The molecule has 1 aromatic heterocycles. The first kappa shape index (κ1) is 19.6. The summed E-state index contributed by atoms with van der Waals surface area (Å²) >= 11 is 0. The van der Waals surface area contributed by atoms with Crippen LogP contribution in [0.25, 0.3) is 11.8 Å². The molecule has 2 saturated heterocycles. The number of piperidine rings is 1. The number of ether oxygens (including phenoxy) is 1. The minimum atomic E-state index is -0.218. The molecule has 154 valence electrons. The van der Waals surface area contributed by atoms with E-state index in [1.807, 2.05) is 24.6 Å². The van der Waals surface area contributed by atoms with Crippen molar-refractivity contribution in [3.8, 4) is 11.4 Å². The van der Waals surface area contributed by atoms with Crippen LogP contribution in [0.2, 0.25) is 0 Å². The average molecular weight is 397 g/mol. The van der Waals surface area contributed by atoms with Crippen LogP contribution in [0.5, 0.6) is 5.75 Å². The first-order chi connectivity index (χ1) is 14.1. The Morgan fingerprint density at radius 1 is 1.38 bits per heavy atom. The molecule has 2 fully saturated rings. The summed E-state index contributed by atoms with van der Waals surface area (Å²) in [6.45, 7) is 4.83. The Labute approximate surface area is 170 Å². The van der Waals surface area contributed by atoms with Gasteiger partial charge in [0.2, 0.25) is 0 Å². The van der Waals surface area contributed by atoms with Gasteiger partial charge in [-0.2, -0.15) is 5.48 Å². The second-order valence-electron chi connectivity index (χ2n) is 7.32. The minimum Gasteiger partial charge on any atom is -0.495 e. The monoisotopic (exact) mass is 397 g/mol. The van der Waals surface area contributed by atoms with Crippen LogP contribution in [-0.4, -0.2) is 53.3 Å². The molecule has 2 aliphatic rings. The number of aromatic nitrogens is 2. The molecule has 0 spiro atoms. The first-order valence-corrected chi connectivity index (χ1v) is 9.74. The van der Waals surface area contributed by atoms with E-state index in [1.165, 1.54) is 5.57 Å². The maximum absolute atomic E-state index is 5.80. The molecule has 0 saturated carbocycles. The summed E-state index contributed by atoms with van der Waals surface area (Å²) in [4.78, 5) is 17.3. The highest BCUT2D eigenvalue weighted by Crippen LogP contribution is 2.31. The van der Waals surface area contributed by atoms with E-state index in [0.717, 1.165) is 47.8 Å². The smallest absolute Gasteiger partial charge is 0.175 e. The Morgan fingerprint density at radius 3 is 2.97 bits per heavy atom. The quantitative estimate of drug-likeness (QED) is 0.618. The van der Waals surface area contributed by atoms with Gasteiger partial charge in [0.05, 0.1) is 30.5 Å². The number of hydroxylamine groups is 1. The molecule has 1 unspecified atom stereocenters. The zero-order valence-electron chi connectivity index (χ0n) is 17.3. The highest BCUT2D eigenvalue weighted by Gasteiger charge is 2.40. The van der Waals surface area contributed by atoms with Gasteiger partial charge in [0.1, 0.15) is 19.0 Å². The fraction of sp³-hybridized carbons (Fsp3) is 0.429. The Hall–Kier alpha value is -2.68. The number of rotatable bonds is 5. The van der Waals surface area contributed by atoms with Crippen LogP contribution in [0.1, 0.15) is 31.0 Å². The molecule has 3 heterocycles. The second-order valence-corrected chi connectivity index (χ2v) is 7.32. The molecule has 0 amide bonds. The van der Waals surface area contributed by atoms with Gasteiger partial charge in [-0.3, -0.25) is 9.74 Å². The van der Waals surface area contributed by atoms with E-state index in [0.29, 0.717) is 0 Å². The van der Waals surface area contributed by atoms with Crippen molar-refractivity contribution in [1.82, 2.24) is 19.9 Å². The number of fused-ring (bicyclic) bond motifs is 1. The van der Waals surface area contributed by atoms with E-state index in [9.17, 15) is 0 Å². The van der Waals surface area contributed by atoms with Crippen LogP contribution in [0.15, 0.2) is 41.5 Å². The normalized spacial score (nSPS) is 24.0. The van der Waals surface area contributed by atoms with Crippen LogP contribution in [0, 0.1) is 6.92 Å². The zero-order chi connectivity index (χ0) is 20.4. The number of hydrogen-bond acceptors (Lipinski definition) is 7. The predicted molar refractivity (Wildman–Crippen MR) is 111 cm³/mol. The lowest BCUT2D eigenvalue weighted by Gasteiger charge is -2.32. The summed E-state index contributed by atoms with van der Waals surface area (Å²) in [7, 11) is 3.24. The summed E-state index contributed by atoms with van der Waals surface area (Å²) in [5, 5.41) is 4.04. The van der Waals surface area contributed by atoms with Gasteiger partial charge in [0, 0.05) is 12.7 Å². The number of hydrogen-bond donors (Lipinski definition) is 1. The highest BCUT2D eigenvalue weighted by atomic mass is 16.7. The molecule has 0 aliphatic carbocycles. The molecular formula is C21H27N5O3.